The highest BCUT2D eigenvalue weighted by Gasteiger charge is 2.16. The molecule has 22 heavy (non-hydrogen) atoms. The highest BCUT2D eigenvalue weighted by atomic mass is 16.7. The van der Waals surface area contributed by atoms with Crippen molar-refractivity contribution in [3.63, 3.8) is 0 Å². The zero-order chi connectivity index (χ0) is 17.0. The van der Waals surface area contributed by atoms with Crippen LogP contribution in [-0.2, 0) is 14.3 Å². The number of rotatable bonds is 5. The van der Waals surface area contributed by atoms with Crippen molar-refractivity contribution in [1.29, 1.82) is 0 Å². The molecule has 0 spiro atoms. The first kappa shape index (κ1) is 20.0. The Morgan fingerprint density at radius 2 is 1.68 bits per heavy atom. The van der Waals surface area contributed by atoms with E-state index < -0.39 is 18.5 Å². The molecule has 1 aliphatic carbocycles. The molecule has 0 aromatic heterocycles. The average Bonchev–Trinajstić information content (AvgIpc) is 2.45. The van der Waals surface area contributed by atoms with Crippen molar-refractivity contribution in [2.45, 2.75) is 58.7 Å². The van der Waals surface area contributed by atoms with Gasteiger partial charge in [-0.25, -0.2) is 9.59 Å². The molecule has 0 aromatic rings. The quantitative estimate of drug-likeness (QED) is 0.526. The van der Waals surface area contributed by atoms with Crippen molar-refractivity contribution in [3.05, 3.63) is 0 Å². The third-order valence-corrected chi connectivity index (χ3v) is 3.12. The Hall–Kier alpha value is -1.99. The topological polar surface area (TPSA) is 122 Å². The van der Waals surface area contributed by atoms with Crippen molar-refractivity contribution in [3.8, 4) is 0 Å². The summed E-state index contributed by atoms with van der Waals surface area (Å²) in [5, 5.41) is 16.7. The summed E-state index contributed by atoms with van der Waals surface area (Å²) in [6.07, 6.45) is 3.21. The van der Waals surface area contributed by atoms with E-state index in [1.807, 2.05) is 0 Å². The first-order valence-electron chi connectivity index (χ1n) is 7.41. The van der Waals surface area contributed by atoms with Crippen LogP contribution in [0.15, 0.2) is 0 Å². The van der Waals surface area contributed by atoms with Crippen LogP contribution in [0.4, 0.5) is 9.59 Å². The van der Waals surface area contributed by atoms with Crippen molar-refractivity contribution >= 4 is 18.2 Å². The Bertz CT molecular complexity index is 349. The second kappa shape index (κ2) is 11.6. The number of nitrogens with one attached hydrogen (secondary N) is 1. The molecule has 8 heteroatoms. The van der Waals surface area contributed by atoms with E-state index in [1.54, 1.807) is 6.92 Å². The van der Waals surface area contributed by atoms with Crippen molar-refractivity contribution in [1.82, 2.24) is 5.32 Å². The highest BCUT2D eigenvalue weighted by Crippen LogP contribution is 2.22. The molecule has 0 radical (unpaired) electrons. The summed E-state index contributed by atoms with van der Waals surface area (Å²) in [6.45, 7) is 3.87. The molecule has 0 bridgehead atoms. The minimum absolute atomic E-state index is 0.275. The molecule has 0 aliphatic heterocycles. The fourth-order valence-electron chi connectivity index (χ4n) is 2.10. The molecule has 1 fully saturated rings. The monoisotopic (exact) mass is 319 g/mol. The second-order valence-corrected chi connectivity index (χ2v) is 4.98. The van der Waals surface area contributed by atoms with Gasteiger partial charge in [0.15, 0.2) is 0 Å². The van der Waals surface area contributed by atoms with Crippen LogP contribution >= 0.6 is 0 Å². The van der Waals surface area contributed by atoms with Gasteiger partial charge in [0, 0.05) is 19.9 Å². The number of amides is 1. The Labute approximate surface area is 129 Å². The molecule has 1 rings (SSSR count). The molecule has 0 aromatic carbocycles. The number of esters is 1. The molecule has 3 N–H and O–H groups in total. The van der Waals surface area contributed by atoms with Gasteiger partial charge < -0.3 is 25.0 Å². The average molecular weight is 319 g/mol. The van der Waals surface area contributed by atoms with Gasteiger partial charge in [0.1, 0.15) is 0 Å². The lowest BCUT2D eigenvalue weighted by molar-refractivity contribution is -0.164. The first-order valence-corrected chi connectivity index (χ1v) is 7.41. The van der Waals surface area contributed by atoms with Crippen molar-refractivity contribution < 1.29 is 34.1 Å². The van der Waals surface area contributed by atoms with E-state index in [1.165, 1.54) is 39.0 Å². The van der Waals surface area contributed by atoms with Crippen molar-refractivity contribution in [2.75, 3.05) is 6.54 Å². The molecular weight excluding hydrogens is 294 g/mol. The van der Waals surface area contributed by atoms with Crippen LogP contribution < -0.4 is 5.32 Å². The minimum Gasteiger partial charge on any atom is -0.450 e. The summed E-state index contributed by atoms with van der Waals surface area (Å²) in [6, 6.07) is 0. The number of hydrogen-bond acceptors (Lipinski definition) is 5. The maximum Gasteiger partial charge on any atom is 0.503 e. The van der Waals surface area contributed by atoms with E-state index in [-0.39, 0.29) is 12.4 Å². The van der Waals surface area contributed by atoms with Gasteiger partial charge >= 0.3 is 18.2 Å². The Morgan fingerprint density at radius 1 is 1.14 bits per heavy atom. The zero-order valence-corrected chi connectivity index (χ0v) is 13.0. The van der Waals surface area contributed by atoms with E-state index in [4.69, 9.17) is 24.5 Å². The predicted octanol–water partition coefficient (Wildman–Crippen LogP) is 2.81. The Morgan fingerprint density at radius 3 is 2.18 bits per heavy atom. The van der Waals surface area contributed by atoms with E-state index >= 15 is 0 Å². The van der Waals surface area contributed by atoms with Gasteiger partial charge in [-0.2, -0.15) is 0 Å². The number of carbonyl (C=O) groups excluding carboxylic acids is 2. The molecule has 8 nitrogen and oxygen atoms in total. The van der Waals surface area contributed by atoms with Crippen molar-refractivity contribution in [2.24, 2.45) is 5.92 Å². The molecule has 128 valence electrons. The van der Waals surface area contributed by atoms with Gasteiger partial charge in [-0.15, -0.1) is 0 Å². The Kier molecular flexibility index (Phi) is 10.6. The second-order valence-electron chi connectivity index (χ2n) is 4.98. The normalized spacial score (nSPS) is 15.7. The van der Waals surface area contributed by atoms with Gasteiger partial charge in [0.05, 0.1) is 0 Å². The van der Waals surface area contributed by atoms with Crippen LogP contribution in [0.2, 0.25) is 0 Å². The highest BCUT2D eigenvalue weighted by molar-refractivity contribution is 5.70. The summed E-state index contributed by atoms with van der Waals surface area (Å²) < 4.78 is 9.76. The van der Waals surface area contributed by atoms with Crippen LogP contribution in [-0.4, -0.2) is 41.3 Å². The first-order chi connectivity index (χ1) is 10.3. The van der Waals surface area contributed by atoms with Gasteiger partial charge in [0.2, 0.25) is 6.29 Å². The molecule has 1 aliphatic rings. The SMILES string of the molecule is CCC(=O)OC(C)OC(=O)NCC1CCCCC1.O=C(O)O. The van der Waals surface area contributed by atoms with Crippen LogP contribution in [0.1, 0.15) is 52.4 Å². The summed E-state index contributed by atoms with van der Waals surface area (Å²) >= 11 is 0. The van der Waals surface area contributed by atoms with Crippen LogP contribution in [0.3, 0.4) is 0 Å². The van der Waals surface area contributed by atoms with Crippen LogP contribution in [0, 0.1) is 5.92 Å². The fourth-order valence-corrected chi connectivity index (χ4v) is 2.10. The Balaban J connectivity index is 0.000000980. The van der Waals surface area contributed by atoms with E-state index in [0.717, 1.165) is 0 Å². The van der Waals surface area contributed by atoms with Crippen LogP contribution in [0.5, 0.6) is 0 Å². The number of hydrogen-bond donors (Lipinski definition) is 3. The van der Waals surface area contributed by atoms with E-state index in [0.29, 0.717) is 12.5 Å². The molecule has 1 unspecified atom stereocenters. The van der Waals surface area contributed by atoms with E-state index in [2.05, 4.69) is 5.32 Å². The smallest absolute Gasteiger partial charge is 0.450 e. The maximum absolute atomic E-state index is 11.4. The molecule has 1 saturated carbocycles. The largest absolute Gasteiger partial charge is 0.503 e. The summed E-state index contributed by atoms with van der Waals surface area (Å²) in [5.74, 6) is 0.183. The summed E-state index contributed by atoms with van der Waals surface area (Å²) in [4.78, 5) is 31.0. The summed E-state index contributed by atoms with van der Waals surface area (Å²) in [7, 11) is 0. The molecule has 0 heterocycles. The number of carboxylic acid groups (broad SMARTS) is 2. The minimum atomic E-state index is -1.83. The third kappa shape index (κ3) is 11.8. The standard InChI is InChI=1S/C13H23NO4.CH2O3/c1-3-12(15)17-10(2)18-13(16)14-9-11-7-5-4-6-8-11;2-1(3)4/h10-11H,3-9H2,1-2H3,(H,14,16);(H2,2,3,4). The number of ether oxygens (including phenoxy) is 2. The van der Waals surface area contributed by atoms with E-state index in [9.17, 15) is 9.59 Å². The van der Waals surface area contributed by atoms with Gasteiger partial charge in [-0.3, -0.25) is 4.79 Å². The predicted molar refractivity (Wildman–Crippen MR) is 77.6 cm³/mol. The number of alkyl carbamates (subject to hydrolysis) is 1. The lowest BCUT2D eigenvalue weighted by atomic mass is 9.89. The van der Waals surface area contributed by atoms with Gasteiger partial charge in [-0.05, 0) is 18.8 Å². The molecule has 1 atom stereocenters. The lowest BCUT2D eigenvalue weighted by Crippen LogP contribution is -2.33. The molecule has 1 amide bonds. The zero-order valence-electron chi connectivity index (χ0n) is 13.0. The number of carbonyl (C=O) groups is 3. The maximum atomic E-state index is 11.4. The molecular formula is C14H25NO7. The molecule has 0 saturated heterocycles. The third-order valence-electron chi connectivity index (χ3n) is 3.12. The van der Waals surface area contributed by atoms with Gasteiger partial charge in [-0.1, -0.05) is 26.2 Å². The van der Waals surface area contributed by atoms with Gasteiger partial charge in [0.25, 0.3) is 0 Å². The lowest BCUT2D eigenvalue weighted by Gasteiger charge is -2.22. The fraction of sp³-hybridized carbons (Fsp3) is 0.786. The summed E-state index contributed by atoms with van der Waals surface area (Å²) in [5.41, 5.74) is 0. The van der Waals surface area contributed by atoms with Crippen LogP contribution in [0.25, 0.3) is 0 Å².